The van der Waals surface area contributed by atoms with Crippen LogP contribution in [0.15, 0.2) is 36.4 Å². The number of carbonyl (C=O) groups is 3. The number of carbonyl (C=O) groups excluding carboxylic acids is 3. The molecule has 0 N–H and O–H groups in total. The fourth-order valence-electron chi connectivity index (χ4n) is 3.20. The van der Waals surface area contributed by atoms with E-state index in [4.69, 9.17) is 4.74 Å². The highest BCUT2D eigenvalue weighted by Gasteiger charge is 2.47. The Labute approximate surface area is 147 Å². The summed E-state index contributed by atoms with van der Waals surface area (Å²) in [5, 5.41) is 0. The van der Waals surface area contributed by atoms with E-state index in [9.17, 15) is 27.6 Å². The van der Waals surface area contributed by atoms with Gasteiger partial charge in [-0.15, -0.1) is 0 Å². The molecule has 0 saturated carbocycles. The molecule has 0 spiro atoms. The molecule has 1 aromatic rings. The van der Waals surface area contributed by atoms with Gasteiger partial charge in [-0.25, -0.2) is 0 Å². The van der Waals surface area contributed by atoms with Gasteiger partial charge in [0.25, 0.3) is 0 Å². The maximum absolute atomic E-state index is 12.7. The molecule has 2 aliphatic rings. The van der Waals surface area contributed by atoms with Crippen molar-refractivity contribution in [1.82, 2.24) is 4.90 Å². The smallest absolute Gasteiger partial charge is 0.416 e. The van der Waals surface area contributed by atoms with Gasteiger partial charge >= 0.3 is 12.1 Å². The molecule has 2 unspecified atom stereocenters. The third-order valence-corrected chi connectivity index (χ3v) is 4.54. The number of alkyl halides is 3. The van der Waals surface area contributed by atoms with Crippen molar-refractivity contribution in [2.24, 2.45) is 11.8 Å². The lowest BCUT2D eigenvalue weighted by atomic mass is 9.85. The van der Waals surface area contributed by atoms with Crippen LogP contribution in [0.25, 0.3) is 0 Å². The van der Waals surface area contributed by atoms with Crippen molar-refractivity contribution in [3.05, 3.63) is 47.5 Å². The molecule has 0 bridgehead atoms. The lowest BCUT2D eigenvalue weighted by Crippen LogP contribution is -2.36. The monoisotopic (exact) mass is 367 g/mol. The number of amides is 2. The second-order valence-corrected chi connectivity index (χ2v) is 6.28. The summed E-state index contributed by atoms with van der Waals surface area (Å²) in [5.74, 6) is -2.52. The number of rotatable bonds is 4. The van der Waals surface area contributed by atoms with Crippen molar-refractivity contribution in [1.29, 1.82) is 0 Å². The average molecular weight is 367 g/mol. The SMILES string of the molecule is O=C(CN1C(=O)C2CC=CCC2C1=O)OCc1cccc(C(F)(F)F)c1. The van der Waals surface area contributed by atoms with Crippen molar-refractivity contribution in [2.75, 3.05) is 6.54 Å². The molecule has 26 heavy (non-hydrogen) atoms. The predicted octanol–water partition coefficient (Wildman–Crippen LogP) is 2.70. The zero-order valence-electron chi connectivity index (χ0n) is 13.7. The minimum absolute atomic E-state index is 0.171. The zero-order chi connectivity index (χ0) is 18.9. The molecule has 2 atom stereocenters. The summed E-state index contributed by atoms with van der Waals surface area (Å²) in [4.78, 5) is 37.3. The van der Waals surface area contributed by atoms with Gasteiger partial charge in [-0.3, -0.25) is 19.3 Å². The Kier molecular flexibility index (Phi) is 4.84. The molecule has 1 heterocycles. The van der Waals surface area contributed by atoms with Crippen LogP contribution in [0.3, 0.4) is 0 Å². The van der Waals surface area contributed by atoms with Crippen LogP contribution < -0.4 is 0 Å². The van der Waals surface area contributed by atoms with Crippen LogP contribution in [0.2, 0.25) is 0 Å². The molecule has 1 saturated heterocycles. The van der Waals surface area contributed by atoms with E-state index in [0.29, 0.717) is 12.8 Å². The lowest BCUT2D eigenvalue weighted by Gasteiger charge is -2.14. The Balaban J connectivity index is 1.58. The molecule has 138 valence electrons. The fourth-order valence-corrected chi connectivity index (χ4v) is 3.20. The topological polar surface area (TPSA) is 63.7 Å². The number of esters is 1. The van der Waals surface area contributed by atoms with Gasteiger partial charge in [0.15, 0.2) is 0 Å². The van der Waals surface area contributed by atoms with Crippen molar-refractivity contribution < 1.29 is 32.3 Å². The summed E-state index contributed by atoms with van der Waals surface area (Å²) >= 11 is 0. The van der Waals surface area contributed by atoms with Gasteiger partial charge in [-0.2, -0.15) is 13.2 Å². The Hall–Kier alpha value is -2.64. The van der Waals surface area contributed by atoms with E-state index in [-0.39, 0.29) is 12.2 Å². The van der Waals surface area contributed by atoms with Gasteiger partial charge in [0.2, 0.25) is 11.8 Å². The highest BCUT2D eigenvalue weighted by Crippen LogP contribution is 2.35. The Bertz CT molecular complexity index is 746. The van der Waals surface area contributed by atoms with Gasteiger partial charge in [0, 0.05) is 0 Å². The van der Waals surface area contributed by atoms with Crippen LogP contribution in [0.1, 0.15) is 24.0 Å². The third-order valence-electron chi connectivity index (χ3n) is 4.54. The average Bonchev–Trinajstić information content (AvgIpc) is 2.85. The van der Waals surface area contributed by atoms with E-state index in [0.717, 1.165) is 17.0 Å². The minimum atomic E-state index is -4.49. The summed E-state index contributed by atoms with van der Waals surface area (Å²) in [6, 6.07) is 4.43. The number of hydrogen-bond donors (Lipinski definition) is 0. The van der Waals surface area contributed by atoms with Crippen LogP contribution >= 0.6 is 0 Å². The number of hydrogen-bond acceptors (Lipinski definition) is 4. The van der Waals surface area contributed by atoms with E-state index in [1.807, 2.05) is 12.2 Å². The van der Waals surface area contributed by atoms with Crippen molar-refractivity contribution in [2.45, 2.75) is 25.6 Å². The molecule has 5 nitrogen and oxygen atoms in total. The van der Waals surface area contributed by atoms with E-state index >= 15 is 0 Å². The molecular weight excluding hydrogens is 351 g/mol. The van der Waals surface area contributed by atoms with Gasteiger partial charge < -0.3 is 4.74 Å². The quantitative estimate of drug-likeness (QED) is 0.466. The standard InChI is InChI=1S/C18H16F3NO4/c19-18(20,21)12-5-3-4-11(8-12)10-26-15(23)9-22-16(24)13-6-1-2-7-14(13)17(22)25/h1-5,8,13-14H,6-7,9-10H2. The summed E-state index contributed by atoms with van der Waals surface area (Å²) < 4.78 is 43.0. The fraction of sp³-hybridized carbons (Fsp3) is 0.389. The molecule has 3 rings (SSSR count). The summed E-state index contributed by atoms with van der Waals surface area (Å²) in [7, 11) is 0. The number of ether oxygens (including phenoxy) is 1. The number of nitrogens with zero attached hydrogens (tertiary/aromatic N) is 1. The van der Waals surface area contributed by atoms with Gasteiger partial charge in [0.1, 0.15) is 13.2 Å². The second-order valence-electron chi connectivity index (χ2n) is 6.28. The second kappa shape index (κ2) is 6.93. The Morgan fingerprint density at radius 3 is 2.31 bits per heavy atom. The van der Waals surface area contributed by atoms with E-state index in [1.165, 1.54) is 12.1 Å². The summed E-state index contributed by atoms with van der Waals surface area (Å²) in [5.41, 5.74) is -0.669. The number of fused-ring (bicyclic) bond motifs is 1. The molecule has 0 aromatic heterocycles. The normalized spacial score (nSPS) is 22.5. The summed E-state index contributed by atoms with van der Waals surface area (Å²) in [6.45, 7) is -0.892. The van der Waals surface area contributed by atoms with Gasteiger partial charge in [-0.1, -0.05) is 24.3 Å². The van der Waals surface area contributed by atoms with Crippen molar-refractivity contribution >= 4 is 17.8 Å². The molecule has 8 heteroatoms. The zero-order valence-corrected chi connectivity index (χ0v) is 13.7. The van der Waals surface area contributed by atoms with E-state index in [2.05, 4.69) is 0 Å². The van der Waals surface area contributed by atoms with Crippen LogP contribution in [-0.4, -0.2) is 29.2 Å². The maximum Gasteiger partial charge on any atom is 0.416 e. The highest BCUT2D eigenvalue weighted by molar-refractivity contribution is 6.07. The van der Waals surface area contributed by atoms with Crippen molar-refractivity contribution in [3.63, 3.8) is 0 Å². The van der Waals surface area contributed by atoms with E-state index in [1.54, 1.807) is 0 Å². The third kappa shape index (κ3) is 3.63. The predicted molar refractivity (Wildman–Crippen MR) is 83.3 cm³/mol. The molecule has 2 amide bonds. The minimum Gasteiger partial charge on any atom is -0.459 e. The van der Waals surface area contributed by atoms with Gasteiger partial charge in [-0.05, 0) is 30.5 Å². The lowest BCUT2D eigenvalue weighted by molar-refractivity contribution is -0.153. The maximum atomic E-state index is 12.7. The molecular formula is C18H16F3NO4. The number of halogens is 3. The van der Waals surface area contributed by atoms with Gasteiger partial charge in [0.05, 0.1) is 17.4 Å². The molecule has 1 fully saturated rings. The molecule has 1 aromatic carbocycles. The highest BCUT2D eigenvalue weighted by atomic mass is 19.4. The Morgan fingerprint density at radius 1 is 1.12 bits per heavy atom. The first-order valence-electron chi connectivity index (χ1n) is 8.09. The molecule has 0 radical (unpaired) electrons. The largest absolute Gasteiger partial charge is 0.459 e. The Morgan fingerprint density at radius 2 is 1.73 bits per heavy atom. The first kappa shape index (κ1) is 18.2. The number of benzene rings is 1. The first-order valence-corrected chi connectivity index (χ1v) is 8.09. The number of likely N-dealkylation sites (tertiary alicyclic amines) is 1. The van der Waals surface area contributed by atoms with Crippen LogP contribution in [0.4, 0.5) is 13.2 Å². The van der Waals surface area contributed by atoms with E-state index < -0.39 is 47.9 Å². The van der Waals surface area contributed by atoms with Crippen LogP contribution in [-0.2, 0) is 31.9 Å². The van der Waals surface area contributed by atoms with Crippen LogP contribution in [0.5, 0.6) is 0 Å². The molecule has 1 aliphatic carbocycles. The number of imide groups is 1. The number of allylic oxidation sites excluding steroid dienone is 2. The summed E-state index contributed by atoms with van der Waals surface area (Å²) in [6.07, 6.45) is 0.110. The first-order chi connectivity index (χ1) is 12.3. The van der Waals surface area contributed by atoms with Crippen LogP contribution in [0, 0.1) is 11.8 Å². The molecule has 1 aliphatic heterocycles. The van der Waals surface area contributed by atoms with Crippen molar-refractivity contribution in [3.8, 4) is 0 Å².